The Hall–Kier alpha value is -1.37. The molecule has 1 atom stereocenters. The van der Waals surface area contributed by atoms with Crippen LogP contribution in [0.2, 0.25) is 5.02 Å². The second kappa shape index (κ2) is 7.59. The molecule has 0 aliphatic carbocycles. The number of hydrogen-bond donors (Lipinski definition) is 1. The SMILES string of the molecule is CNC1CCCN(C(=O)c2ccc([N+](=O)[O-])cc2Cl)C1.Cl. The number of carbonyl (C=O) groups is 1. The molecule has 1 unspecified atom stereocenters. The largest absolute Gasteiger partial charge is 0.337 e. The molecule has 1 aliphatic rings. The first kappa shape index (κ1) is 17.7. The summed E-state index contributed by atoms with van der Waals surface area (Å²) >= 11 is 5.99. The maximum absolute atomic E-state index is 12.4. The number of nitrogens with zero attached hydrogens (tertiary/aromatic N) is 2. The standard InChI is InChI=1S/C13H16ClN3O3.ClH/c1-15-9-3-2-6-16(8-9)13(18)11-5-4-10(17(19)20)7-12(11)14;/h4-5,7,9,15H,2-3,6,8H2,1H3;1H. The lowest BCUT2D eigenvalue weighted by atomic mass is 10.0. The van der Waals surface area contributed by atoms with Crippen LogP contribution in [0.4, 0.5) is 5.69 Å². The predicted molar refractivity (Wildman–Crippen MR) is 83.3 cm³/mol. The summed E-state index contributed by atoms with van der Waals surface area (Å²) < 4.78 is 0. The zero-order valence-electron chi connectivity index (χ0n) is 11.5. The number of carbonyl (C=O) groups excluding carboxylic acids is 1. The van der Waals surface area contributed by atoms with E-state index in [1.807, 2.05) is 7.05 Å². The summed E-state index contributed by atoms with van der Waals surface area (Å²) in [5, 5.41) is 13.9. The summed E-state index contributed by atoms with van der Waals surface area (Å²) in [6.07, 6.45) is 1.97. The number of likely N-dealkylation sites (tertiary alicyclic amines) is 1. The summed E-state index contributed by atoms with van der Waals surface area (Å²) in [4.78, 5) is 24.3. The molecule has 0 aromatic heterocycles. The van der Waals surface area contributed by atoms with Crippen LogP contribution in [0.3, 0.4) is 0 Å². The normalized spacial score (nSPS) is 18.0. The second-order valence-corrected chi connectivity index (χ2v) is 5.21. The monoisotopic (exact) mass is 333 g/mol. The fraction of sp³-hybridized carbons (Fsp3) is 0.462. The van der Waals surface area contributed by atoms with Gasteiger partial charge in [-0.3, -0.25) is 14.9 Å². The van der Waals surface area contributed by atoms with Gasteiger partial charge in [0.25, 0.3) is 11.6 Å². The number of rotatable bonds is 3. The van der Waals surface area contributed by atoms with E-state index in [1.54, 1.807) is 4.90 Å². The summed E-state index contributed by atoms with van der Waals surface area (Å²) in [6.45, 7) is 1.31. The van der Waals surface area contributed by atoms with Crippen molar-refractivity contribution in [3.8, 4) is 0 Å². The molecular formula is C13H17Cl2N3O3. The van der Waals surface area contributed by atoms with Gasteiger partial charge in [-0.05, 0) is 26.0 Å². The van der Waals surface area contributed by atoms with Gasteiger partial charge in [-0.1, -0.05) is 11.6 Å². The van der Waals surface area contributed by atoms with Gasteiger partial charge < -0.3 is 10.2 Å². The number of nitro benzene ring substituents is 1. The minimum Gasteiger partial charge on any atom is -0.337 e. The number of likely N-dealkylation sites (N-methyl/N-ethyl adjacent to an activating group) is 1. The highest BCUT2D eigenvalue weighted by Crippen LogP contribution is 2.24. The Balaban J connectivity index is 0.00000220. The van der Waals surface area contributed by atoms with Crippen LogP contribution in [0, 0.1) is 10.1 Å². The van der Waals surface area contributed by atoms with Crippen LogP contribution < -0.4 is 5.32 Å². The van der Waals surface area contributed by atoms with Crippen molar-refractivity contribution in [3.63, 3.8) is 0 Å². The minimum absolute atomic E-state index is 0. The smallest absolute Gasteiger partial charge is 0.270 e. The molecule has 1 aromatic rings. The van der Waals surface area contributed by atoms with Crippen LogP contribution in [-0.4, -0.2) is 41.9 Å². The predicted octanol–water partition coefficient (Wildman–Crippen LogP) is 2.49. The van der Waals surface area contributed by atoms with E-state index in [0.717, 1.165) is 12.8 Å². The fourth-order valence-electron chi connectivity index (χ4n) is 2.36. The Morgan fingerprint density at radius 2 is 2.24 bits per heavy atom. The number of halogens is 2. The summed E-state index contributed by atoms with van der Waals surface area (Å²) in [7, 11) is 1.87. The summed E-state index contributed by atoms with van der Waals surface area (Å²) in [6, 6.07) is 4.23. The molecule has 116 valence electrons. The lowest BCUT2D eigenvalue weighted by molar-refractivity contribution is -0.384. The molecule has 1 aliphatic heterocycles. The Morgan fingerprint density at radius 1 is 1.52 bits per heavy atom. The van der Waals surface area contributed by atoms with Crippen LogP contribution >= 0.6 is 24.0 Å². The number of hydrogen-bond acceptors (Lipinski definition) is 4. The van der Waals surface area contributed by atoms with E-state index in [4.69, 9.17) is 11.6 Å². The third-order valence-corrected chi connectivity index (χ3v) is 3.82. The molecule has 0 saturated carbocycles. The molecule has 21 heavy (non-hydrogen) atoms. The molecule has 0 spiro atoms. The van der Waals surface area contributed by atoms with Gasteiger partial charge in [0.1, 0.15) is 0 Å². The fourth-order valence-corrected chi connectivity index (χ4v) is 2.61. The molecule has 6 nitrogen and oxygen atoms in total. The van der Waals surface area contributed by atoms with Gasteiger partial charge in [0.2, 0.25) is 0 Å². The summed E-state index contributed by atoms with van der Waals surface area (Å²) in [5.41, 5.74) is 0.201. The van der Waals surface area contributed by atoms with Crippen LogP contribution in [0.15, 0.2) is 18.2 Å². The molecule has 0 radical (unpaired) electrons. The van der Waals surface area contributed by atoms with Crippen molar-refractivity contribution in [2.24, 2.45) is 0 Å². The van der Waals surface area contributed by atoms with Crippen molar-refractivity contribution in [2.45, 2.75) is 18.9 Å². The maximum atomic E-state index is 12.4. The topological polar surface area (TPSA) is 75.5 Å². The highest BCUT2D eigenvalue weighted by atomic mass is 35.5. The van der Waals surface area contributed by atoms with Crippen molar-refractivity contribution in [1.29, 1.82) is 0 Å². The molecule has 2 rings (SSSR count). The van der Waals surface area contributed by atoms with Crippen molar-refractivity contribution < 1.29 is 9.72 Å². The Bertz CT molecular complexity index is 539. The number of non-ortho nitro benzene ring substituents is 1. The molecule has 1 amide bonds. The quantitative estimate of drug-likeness (QED) is 0.681. The van der Waals surface area contributed by atoms with Crippen molar-refractivity contribution >= 4 is 35.6 Å². The minimum atomic E-state index is -0.530. The highest BCUT2D eigenvalue weighted by molar-refractivity contribution is 6.34. The van der Waals surface area contributed by atoms with E-state index >= 15 is 0 Å². The van der Waals surface area contributed by atoms with Crippen molar-refractivity contribution in [2.75, 3.05) is 20.1 Å². The van der Waals surface area contributed by atoms with Gasteiger partial charge in [-0.2, -0.15) is 0 Å². The molecule has 8 heteroatoms. The first-order valence-electron chi connectivity index (χ1n) is 6.43. The molecule has 1 N–H and O–H groups in total. The Kier molecular flexibility index (Phi) is 6.39. The lowest BCUT2D eigenvalue weighted by Crippen LogP contribution is -2.47. The van der Waals surface area contributed by atoms with Gasteiger partial charge in [0.05, 0.1) is 15.5 Å². The number of piperidine rings is 1. The third-order valence-electron chi connectivity index (χ3n) is 3.51. The van der Waals surface area contributed by atoms with E-state index in [1.165, 1.54) is 18.2 Å². The van der Waals surface area contributed by atoms with Gasteiger partial charge in [0, 0.05) is 31.3 Å². The zero-order chi connectivity index (χ0) is 14.7. The number of amides is 1. The maximum Gasteiger partial charge on any atom is 0.270 e. The van der Waals surface area contributed by atoms with E-state index in [9.17, 15) is 14.9 Å². The third kappa shape index (κ3) is 4.06. The second-order valence-electron chi connectivity index (χ2n) is 4.80. The van der Waals surface area contributed by atoms with E-state index in [0.29, 0.717) is 18.7 Å². The van der Waals surface area contributed by atoms with E-state index < -0.39 is 4.92 Å². The summed E-state index contributed by atoms with van der Waals surface area (Å²) in [5.74, 6) is -0.176. The lowest BCUT2D eigenvalue weighted by Gasteiger charge is -2.32. The molecule has 1 saturated heterocycles. The average Bonchev–Trinajstić information content (AvgIpc) is 2.46. The number of nitro groups is 1. The van der Waals surface area contributed by atoms with Crippen LogP contribution in [0.1, 0.15) is 23.2 Å². The molecule has 1 heterocycles. The van der Waals surface area contributed by atoms with Crippen LogP contribution in [0.25, 0.3) is 0 Å². The van der Waals surface area contributed by atoms with Crippen molar-refractivity contribution in [1.82, 2.24) is 10.2 Å². The van der Waals surface area contributed by atoms with E-state index in [2.05, 4.69) is 5.32 Å². The number of benzene rings is 1. The number of nitrogens with one attached hydrogen (secondary N) is 1. The van der Waals surface area contributed by atoms with Crippen molar-refractivity contribution in [3.05, 3.63) is 38.9 Å². The molecule has 0 bridgehead atoms. The van der Waals surface area contributed by atoms with Gasteiger partial charge in [-0.15, -0.1) is 12.4 Å². The van der Waals surface area contributed by atoms with Gasteiger partial charge >= 0.3 is 0 Å². The van der Waals surface area contributed by atoms with Crippen LogP contribution in [0.5, 0.6) is 0 Å². The first-order valence-corrected chi connectivity index (χ1v) is 6.81. The van der Waals surface area contributed by atoms with Crippen LogP contribution in [-0.2, 0) is 0 Å². The van der Waals surface area contributed by atoms with E-state index in [-0.39, 0.29) is 35.1 Å². The molecular weight excluding hydrogens is 317 g/mol. The van der Waals surface area contributed by atoms with Gasteiger partial charge in [-0.25, -0.2) is 0 Å². The average molecular weight is 334 g/mol. The Morgan fingerprint density at radius 3 is 2.81 bits per heavy atom. The zero-order valence-corrected chi connectivity index (χ0v) is 13.1. The molecule has 1 aromatic carbocycles. The van der Waals surface area contributed by atoms with Gasteiger partial charge in [0.15, 0.2) is 0 Å². The molecule has 1 fully saturated rings. The Labute approximate surface area is 134 Å². The first-order chi connectivity index (χ1) is 9.52. The highest BCUT2D eigenvalue weighted by Gasteiger charge is 2.25.